The Hall–Kier alpha value is -1.39. The van der Waals surface area contributed by atoms with Crippen molar-refractivity contribution in [3.05, 3.63) is 0 Å². The van der Waals surface area contributed by atoms with Gasteiger partial charge in [-0.3, -0.25) is 14.4 Å². The summed E-state index contributed by atoms with van der Waals surface area (Å²) >= 11 is 0. The molecule has 0 rings (SSSR count). The monoisotopic (exact) mass is 200 g/mol. The Morgan fingerprint density at radius 3 is 1.29 bits per heavy atom. The third-order valence-corrected chi connectivity index (χ3v) is 1.25. The van der Waals surface area contributed by atoms with Gasteiger partial charge in [0, 0.05) is 12.1 Å². The molecule has 0 aromatic rings. The van der Waals surface area contributed by atoms with Gasteiger partial charge >= 0.3 is 5.78 Å². The zero-order valence-corrected chi connectivity index (χ0v) is 8.88. The number of hydrogen-bond donors (Lipinski definition) is 2. The second-order valence-corrected chi connectivity index (χ2v) is 3.59. The molecule has 0 spiro atoms. The first-order valence-corrected chi connectivity index (χ1v) is 4.50. The summed E-state index contributed by atoms with van der Waals surface area (Å²) in [7, 11) is 0. The molecule has 0 saturated carbocycles. The van der Waals surface area contributed by atoms with Crippen molar-refractivity contribution in [3.8, 4) is 0 Å². The van der Waals surface area contributed by atoms with Gasteiger partial charge in [0.25, 0.3) is 11.8 Å². The summed E-state index contributed by atoms with van der Waals surface area (Å²) in [6.45, 7) is 6.86. The predicted octanol–water partition coefficient (Wildman–Crippen LogP) is -0.395. The Kier molecular flexibility index (Phi) is 4.83. The zero-order valence-electron chi connectivity index (χ0n) is 8.88. The molecule has 0 radical (unpaired) electrons. The normalized spacial score (nSPS) is 10.1. The first-order valence-electron chi connectivity index (χ1n) is 4.50. The van der Waals surface area contributed by atoms with Gasteiger partial charge in [-0.05, 0) is 27.7 Å². The van der Waals surface area contributed by atoms with Gasteiger partial charge in [-0.15, -0.1) is 0 Å². The highest BCUT2D eigenvalue weighted by atomic mass is 16.2. The SMILES string of the molecule is CC(C)NC(=O)C(=O)C(=O)NC(C)C. The first kappa shape index (κ1) is 12.6. The van der Waals surface area contributed by atoms with Gasteiger partial charge < -0.3 is 10.6 Å². The largest absolute Gasteiger partial charge is 0.347 e. The molecule has 2 N–H and O–H groups in total. The van der Waals surface area contributed by atoms with Gasteiger partial charge in [0.05, 0.1) is 0 Å². The molecular weight excluding hydrogens is 184 g/mol. The Morgan fingerprint density at radius 1 is 0.786 bits per heavy atom. The van der Waals surface area contributed by atoms with Gasteiger partial charge in [-0.1, -0.05) is 0 Å². The average Bonchev–Trinajstić information content (AvgIpc) is 2.00. The van der Waals surface area contributed by atoms with Crippen molar-refractivity contribution in [1.29, 1.82) is 0 Å². The molecule has 0 aliphatic carbocycles. The van der Waals surface area contributed by atoms with Crippen molar-refractivity contribution in [2.75, 3.05) is 0 Å². The van der Waals surface area contributed by atoms with Crippen LogP contribution in [-0.4, -0.2) is 29.7 Å². The number of carbonyl (C=O) groups excluding carboxylic acids is 3. The lowest BCUT2D eigenvalue weighted by molar-refractivity contribution is -0.146. The third-order valence-electron chi connectivity index (χ3n) is 1.25. The van der Waals surface area contributed by atoms with E-state index >= 15 is 0 Å². The molecular formula is C9H16N2O3. The van der Waals surface area contributed by atoms with E-state index in [-0.39, 0.29) is 12.1 Å². The first-order chi connectivity index (χ1) is 6.34. The molecule has 0 aliphatic heterocycles. The minimum absolute atomic E-state index is 0.154. The topological polar surface area (TPSA) is 75.3 Å². The van der Waals surface area contributed by atoms with Gasteiger partial charge in [0.1, 0.15) is 0 Å². The van der Waals surface area contributed by atoms with Crippen molar-refractivity contribution in [3.63, 3.8) is 0 Å². The fourth-order valence-corrected chi connectivity index (χ4v) is 0.759. The molecule has 2 amide bonds. The average molecular weight is 200 g/mol. The van der Waals surface area contributed by atoms with E-state index in [1.807, 2.05) is 0 Å². The predicted molar refractivity (Wildman–Crippen MR) is 51.6 cm³/mol. The highest BCUT2D eigenvalue weighted by Gasteiger charge is 2.23. The van der Waals surface area contributed by atoms with E-state index in [1.54, 1.807) is 27.7 Å². The smallest absolute Gasteiger partial charge is 0.307 e. The minimum Gasteiger partial charge on any atom is -0.347 e. The maximum Gasteiger partial charge on any atom is 0.307 e. The van der Waals surface area contributed by atoms with Gasteiger partial charge in [-0.2, -0.15) is 0 Å². The second-order valence-electron chi connectivity index (χ2n) is 3.59. The number of rotatable bonds is 4. The summed E-state index contributed by atoms with van der Waals surface area (Å²) in [6.07, 6.45) is 0. The molecule has 5 heteroatoms. The Labute approximate surface area is 83.2 Å². The fourth-order valence-electron chi connectivity index (χ4n) is 0.759. The van der Waals surface area contributed by atoms with Crippen molar-refractivity contribution < 1.29 is 14.4 Å². The number of hydrogen-bond acceptors (Lipinski definition) is 3. The highest BCUT2D eigenvalue weighted by molar-refractivity contribution is 6.62. The molecule has 14 heavy (non-hydrogen) atoms. The standard InChI is InChI=1S/C9H16N2O3/c1-5(2)10-8(13)7(12)9(14)11-6(3)4/h5-6H,1-4H3,(H,10,13)(H,11,14). The van der Waals surface area contributed by atoms with Gasteiger partial charge in [-0.25, -0.2) is 0 Å². The fraction of sp³-hybridized carbons (Fsp3) is 0.667. The van der Waals surface area contributed by atoms with Crippen molar-refractivity contribution in [1.82, 2.24) is 10.6 Å². The molecule has 0 aliphatic rings. The zero-order chi connectivity index (χ0) is 11.3. The van der Waals surface area contributed by atoms with Crippen LogP contribution in [0.25, 0.3) is 0 Å². The van der Waals surface area contributed by atoms with Crippen molar-refractivity contribution in [2.45, 2.75) is 39.8 Å². The number of nitrogens with one attached hydrogen (secondary N) is 2. The van der Waals surface area contributed by atoms with E-state index < -0.39 is 17.6 Å². The van der Waals surface area contributed by atoms with Crippen LogP contribution in [0.15, 0.2) is 0 Å². The number of Topliss-reactive ketones (excluding diaryl/α,β-unsaturated/α-hetero) is 1. The van der Waals surface area contributed by atoms with Crippen molar-refractivity contribution in [2.24, 2.45) is 0 Å². The van der Waals surface area contributed by atoms with Gasteiger partial charge in [0.2, 0.25) is 0 Å². The maximum atomic E-state index is 11.1. The van der Waals surface area contributed by atoms with Crippen LogP contribution in [0.5, 0.6) is 0 Å². The number of amides is 2. The van der Waals surface area contributed by atoms with E-state index in [2.05, 4.69) is 10.6 Å². The van der Waals surface area contributed by atoms with Crippen LogP contribution in [0.1, 0.15) is 27.7 Å². The molecule has 0 bridgehead atoms. The minimum atomic E-state index is -1.05. The molecule has 5 nitrogen and oxygen atoms in total. The van der Waals surface area contributed by atoms with Crippen LogP contribution in [0.3, 0.4) is 0 Å². The molecule has 80 valence electrons. The Balaban J connectivity index is 4.19. The molecule has 0 aromatic heterocycles. The van der Waals surface area contributed by atoms with Crippen LogP contribution in [0.2, 0.25) is 0 Å². The molecule has 0 heterocycles. The Bertz CT molecular complexity index is 222. The van der Waals surface area contributed by atoms with E-state index in [0.717, 1.165) is 0 Å². The molecule has 0 aromatic carbocycles. The van der Waals surface area contributed by atoms with Crippen LogP contribution in [0.4, 0.5) is 0 Å². The lowest BCUT2D eigenvalue weighted by Gasteiger charge is -2.09. The lowest BCUT2D eigenvalue weighted by Crippen LogP contribution is -2.45. The van der Waals surface area contributed by atoms with Crippen LogP contribution in [0, 0.1) is 0 Å². The molecule has 0 atom stereocenters. The highest BCUT2D eigenvalue weighted by Crippen LogP contribution is 1.83. The lowest BCUT2D eigenvalue weighted by atomic mass is 10.3. The van der Waals surface area contributed by atoms with E-state index in [4.69, 9.17) is 0 Å². The van der Waals surface area contributed by atoms with Crippen LogP contribution >= 0.6 is 0 Å². The van der Waals surface area contributed by atoms with E-state index in [1.165, 1.54) is 0 Å². The second kappa shape index (κ2) is 5.36. The number of ketones is 1. The summed E-state index contributed by atoms with van der Waals surface area (Å²) in [4.78, 5) is 33.2. The summed E-state index contributed by atoms with van der Waals surface area (Å²) in [5, 5.41) is 4.69. The summed E-state index contributed by atoms with van der Waals surface area (Å²) in [6, 6.07) is -0.309. The van der Waals surface area contributed by atoms with E-state index in [9.17, 15) is 14.4 Å². The Morgan fingerprint density at radius 2 is 1.07 bits per heavy atom. The van der Waals surface area contributed by atoms with Crippen LogP contribution in [-0.2, 0) is 14.4 Å². The quantitative estimate of drug-likeness (QED) is 0.479. The van der Waals surface area contributed by atoms with Gasteiger partial charge in [0.15, 0.2) is 0 Å². The van der Waals surface area contributed by atoms with Crippen molar-refractivity contribution >= 4 is 17.6 Å². The molecule has 0 unspecified atom stereocenters. The third kappa shape index (κ3) is 4.59. The summed E-state index contributed by atoms with van der Waals surface area (Å²) < 4.78 is 0. The number of carbonyl (C=O) groups is 3. The molecule has 0 fully saturated rings. The molecule has 0 saturated heterocycles. The maximum absolute atomic E-state index is 11.1. The van der Waals surface area contributed by atoms with Crippen LogP contribution < -0.4 is 10.6 Å². The van der Waals surface area contributed by atoms with E-state index in [0.29, 0.717) is 0 Å². The summed E-state index contributed by atoms with van der Waals surface area (Å²) in [5.74, 6) is -2.77. The summed E-state index contributed by atoms with van der Waals surface area (Å²) in [5.41, 5.74) is 0.